The third-order valence-corrected chi connectivity index (χ3v) is 5.84. The van der Waals surface area contributed by atoms with E-state index in [1.807, 2.05) is 42.6 Å². The van der Waals surface area contributed by atoms with Gasteiger partial charge >= 0.3 is 5.97 Å². The number of likely N-dealkylation sites (tertiary alicyclic amines) is 1. The van der Waals surface area contributed by atoms with Crippen LogP contribution in [0.25, 0.3) is 11.1 Å². The molecule has 1 N–H and O–H groups in total. The minimum absolute atomic E-state index is 0.328. The summed E-state index contributed by atoms with van der Waals surface area (Å²) in [6, 6.07) is 17.8. The maximum Gasteiger partial charge on any atom is 0.337 e. The van der Waals surface area contributed by atoms with Gasteiger partial charge in [0.2, 0.25) is 0 Å². The number of piperidine rings is 1. The van der Waals surface area contributed by atoms with Crippen molar-refractivity contribution < 1.29 is 14.3 Å². The van der Waals surface area contributed by atoms with Crippen molar-refractivity contribution in [2.75, 3.05) is 33.4 Å². The molecule has 1 saturated heterocycles. The SMILES string of the molecule is COC(=O)c1cccc(-c2cn[nH]c2C2CCCN(CCOCc3ccccc3)C2)c1. The fourth-order valence-electron chi connectivity index (χ4n) is 4.22. The second-order valence-electron chi connectivity index (χ2n) is 7.95. The van der Waals surface area contributed by atoms with Gasteiger partial charge in [0.1, 0.15) is 0 Å². The number of hydrogen-bond acceptors (Lipinski definition) is 5. The molecule has 0 aliphatic carbocycles. The largest absolute Gasteiger partial charge is 0.465 e. The van der Waals surface area contributed by atoms with Gasteiger partial charge in [0.15, 0.2) is 0 Å². The Morgan fingerprint density at radius 3 is 2.90 bits per heavy atom. The highest BCUT2D eigenvalue weighted by molar-refractivity contribution is 5.91. The molecule has 2 heterocycles. The quantitative estimate of drug-likeness (QED) is 0.437. The molecule has 0 bridgehead atoms. The lowest BCUT2D eigenvalue weighted by molar-refractivity contribution is 0.0601. The van der Waals surface area contributed by atoms with Crippen LogP contribution in [0.3, 0.4) is 0 Å². The van der Waals surface area contributed by atoms with E-state index in [-0.39, 0.29) is 5.97 Å². The molecule has 6 nitrogen and oxygen atoms in total. The molecule has 1 unspecified atom stereocenters. The predicted octanol–water partition coefficient (Wildman–Crippen LogP) is 4.26. The molecule has 4 rings (SSSR count). The number of carbonyl (C=O) groups excluding carboxylic acids is 1. The van der Waals surface area contributed by atoms with E-state index in [1.54, 1.807) is 6.07 Å². The fraction of sp³-hybridized carbons (Fsp3) is 0.360. The van der Waals surface area contributed by atoms with Crippen LogP contribution in [0.15, 0.2) is 60.8 Å². The van der Waals surface area contributed by atoms with Crippen LogP contribution in [0.4, 0.5) is 0 Å². The molecule has 3 aromatic rings. The Kier molecular flexibility index (Phi) is 7.12. The number of aromatic nitrogens is 2. The first-order chi connectivity index (χ1) is 15.2. The maximum absolute atomic E-state index is 11.9. The van der Waals surface area contributed by atoms with Gasteiger partial charge < -0.3 is 14.4 Å². The van der Waals surface area contributed by atoms with Crippen LogP contribution in [0.2, 0.25) is 0 Å². The monoisotopic (exact) mass is 419 g/mol. The van der Waals surface area contributed by atoms with E-state index in [9.17, 15) is 4.79 Å². The van der Waals surface area contributed by atoms with Gasteiger partial charge in [-0.3, -0.25) is 5.10 Å². The summed E-state index contributed by atoms with van der Waals surface area (Å²) in [6.45, 7) is 4.36. The average Bonchev–Trinajstić information content (AvgIpc) is 3.32. The van der Waals surface area contributed by atoms with Crippen molar-refractivity contribution in [2.24, 2.45) is 0 Å². The van der Waals surface area contributed by atoms with E-state index in [0.29, 0.717) is 18.1 Å². The van der Waals surface area contributed by atoms with E-state index in [0.717, 1.165) is 55.9 Å². The van der Waals surface area contributed by atoms with Crippen molar-refractivity contribution >= 4 is 5.97 Å². The van der Waals surface area contributed by atoms with Gasteiger partial charge in [-0.15, -0.1) is 0 Å². The van der Waals surface area contributed by atoms with Gasteiger partial charge in [0.25, 0.3) is 0 Å². The molecule has 1 atom stereocenters. The van der Waals surface area contributed by atoms with E-state index < -0.39 is 0 Å². The van der Waals surface area contributed by atoms with Gasteiger partial charge in [-0.2, -0.15) is 5.10 Å². The van der Waals surface area contributed by atoms with Gasteiger partial charge in [-0.05, 0) is 42.6 Å². The maximum atomic E-state index is 11.9. The lowest BCUT2D eigenvalue weighted by atomic mass is 9.90. The van der Waals surface area contributed by atoms with Crippen molar-refractivity contribution in [1.29, 1.82) is 0 Å². The fourth-order valence-corrected chi connectivity index (χ4v) is 4.22. The number of rotatable bonds is 8. The Bertz CT molecular complexity index is 986. The summed E-state index contributed by atoms with van der Waals surface area (Å²) in [5.41, 5.74) is 4.92. The van der Waals surface area contributed by atoms with Crippen molar-refractivity contribution in [3.05, 3.63) is 77.6 Å². The van der Waals surface area contributed by atoms with Crippen LogP contribution < -0.4 is 0 Å². The third-order valence-electron chi connectivity index (χ3n) is 5.84. The first kappa shape index (κ1) is 21.3. The minimum Gasteiger partial charge on any atom is -0.465 e. The molecule has 6 heteroatoms. The zero-order valence-corrected chi connectivity index (χ0v) is 17.9. The zero-order chi connectivity index (χ0) is 21.5. The number of aromatic amines is 1. The van der Waals surface area contributed by atoms with Crippen LogP contribution in [0.1, 0.15) is 40.4 Å². The molecule has 1 aliphatic rings. The molecule has 0 amide bonds. The summed E-state index contributed by atoms with van der Waals surface area (Å²) in [5, 5.41) is 7.54. The summed E-state index contributed by atoms with van der Waals surface area (Å²) in [6.07, 6.45) is 4.12. The van der Waals surface area contributed by atoms with Crippen LogP contribution in [0, 0.1) is 0 Å². The second kappa shape index (κ2) is 10.4. The number of benzene rings is 2. The molecule has 0 saturated carbocycles. The molecule has 31 heavy (non-hydrogen) atoms. The Labute approximate surface area is 183 Å². The van der Waals surface area contributed by atoms with E-state index in [4.69, 9.17) is 9.47 Å². The molecule has 162 valence electrons. The predicted molar refractivity (Wildman–Crippen MR) is 120 cm³/mol. The first-order valence-corrected chi connectivity index (χ1v) is 10.8. The van der Waals surface area contributed by atoms with Gasteiger partial charge in [0.05, 0.1) is 32.1 Å². The van der Waals surface area contributed by atoms with Crippen LogP contribution in [-0.4, -0.2) is 54.4 Å². The Morgan fingerprint density at radius 2 is 2.06 bits per heavy atom. The average molecular weight is 420 g/mol. The van der Waals surface area contributed by atoms with Gasteiger partial charge in [0, 0.05) is 30.3 Å². The highest BCUT2D eigenvalue weighted by Crippen LogP contribution is 2.33. The molecular formula is C25H29N3O3. The van der Waals surface area contributed by atoms with Gasteiger partial charge in [-0.25, -0.2) is 4.79 Å². The molecule has 2 aromatic carbocycles. The lowest BCUT2D eigenvalue weighted by Crippen LogP contribution is -2.36. The number of carbonyl (C=O) groups is 1. The summed E-state index contributed by atoms with van der Waals surface area (Å²) >= 11 is 0. The topological polar surface area (TPSA) is 67.5 Å². The standard InChI is InChI=1S/C25H29N3O3/c1-30-25(29)21-10-5-9-20(15-21)23-16-26-27-24(23)22-11-6-12-28(17-22)13-14-31-18-19-7-3-2-4-8-19/h2-5,7-10,15-16,22H,6,11-14,17-18H2,1H3,(H,26,27). The number of methoxy groups -OCH3 is 1. The van der Waals surface area contributed by atoms with Crippen molar-refractivity contribution in [1.82, 2.24) is 15.1 Å². The Morgan fingerprint density at radius 1 is 1.19 bits per heavy atom. The summed E-state index contributed by atoms with van der Waals surface area (Å²) < 4.78 is 10.7. The number of ether oxygens (including phenoxy) is 2. The lowest BCUT2D eigenvalue weighted by Gasteiger charge is -2.32. The number of nitrogens with zero attached hydrogens (tertiary/aromatic N) is 2. The normalized spacial score (nSPS) is 16.9. The molecular weight excluding hydrogens is 390 g/mol. The van der Waals surface area contributed by atoms with Crippen LogP contribution in [0.5, 0.6) is 0 Å². The summed E-state index contributed by atoms with van der Waals surface area (Å²) in [5.74, 6) is 0.0494. The Balaban J connectivity index is 1.37. The number of esters is 1. The van der Waals surface area contributed by atoms with Crippen molar-refractivity contribution in [2.45, 2.75) is 25.4 Å². The second-order valence-corrected chi connectivity index (χ2v) is 7.95. The van der Waals surface area contributed by atoms with E-state index in [1.165, 1.54) is 12.7 Å². The molecule has 0 spiro atoms. The molecule has 1 aromatic heterocycles. The number of H-pyrrole nitrogens is 1. The highest BCUT2D eigenvalue weighted by atomic mass is 16.5. The number of hydrogen-bond donors (Lipinski definition) is 1. The van der Waals surface area contributed by atoms with Crippen LogP contribution >= 0.6 is 0 Å². The van der Waals surface area contributed by atoms with Crippen LogP contribution in [-0.2, 0) is 16.1 Å². The summed E-state index contributed by atoms with van der Waals surface area (Å²) in [7, 11) is 1.40. The molecule has 1 aliphatic heterocycles. The smallest absolute Gasteiger partial charge is 0.337 e. The number of nitrogens with one attached hydrogen (secondary N) is 1. The van der Waals surface area contributed by atoms with E-state index >= 15 is 0 Å². The third kappa shape index (κ3) is 5.40. The summed E-state index contributed by atoms with van der Waals surface area (Å²) in [4.78, 5) is 14.4. The highest BCUT2D eigenvalue weighted by Gasteiger charge is 2.25. The molecule has 0 radical (unpaired) electrons. The van der Waals surface area contributed by atoms with E-state index in [2.05, 4.69) is 27.2 Å². The van der Waals surface area contributed by atoms with Crippen molar-refractivity contribution in [3.63, 3.8) is 0 Å². The molecule has 1 fully saturated rings. The Hall–Kier alpha value is -2.96. The van der Waals surface area contributed by atoms with Crippen molar-refractivity contribution in [3.8, 4) is 11.1 Å². The van der Waals surface area contributed by atoms with Gasteiger partial charge in [-0.1, -0.05) is 42.5 Å². The first-order valence-electron chi connectivity index (χ1n) is 10.8. The minimum atomic E-state index is -0.328. The zero-order valence-electron chi connectivity index (χ0n) is 17.9.